The van der Waals surface area contributed by atoms with Gasteiger partial charge in [0.25, 0.3) is 0 Å². The summed E-state index contributed by atoms with van der Waals surface area (Å²) in [6.07, 6.45) is -5.02. The lowest BCUT2D eigenvalue weighted by atomic mass is 9.85. The molecule has 0 aliphatic heterocycles. The first-order valence-electron chi connectivity index (χ1n) is 10.9. The van der Waals surface area contributed by atoms with Gasteiger partial charge in [-0.2, -0.15) is 18.3 Å². The number of alkyl halides is 3. The maximum Gasteiger partial charge on any atom is 0.397 e. The summed E-state index contributed by atoms with van der Waals surface area (Å²) in [4.78, 5) is 20.6. The second-order valence-electron chi connectivity index (χ2n) is 8.25. The molecule has 1 amide bonds. The van der Waals surface area contributed by atoms with Gasteiger partial charge < -0.3 is 10.1 Å². The Balaban J connectivity index is 1.67. The van der Waals surface area contributed by atoms with Gasteiger partial charge in [-0.1, -0.05) is 23.7 Å². The number of amides is 1. The third-order valence-electron chi connectivity index (χ3n) is 5.46. The van der Waals surface area contributed by atoms with Gasteiger partial charge in [0.1, 0.15) is 44.3 Å². The molecule has 4 aromatic rings. The van der Waals surface area contributed by atoms with Crippen LogP contribution in [0.3, 0.4) is 0 Å². The van der Waals surface area contributed by atoms with Gasteiger partial charge in [-0.15, -0.1) is 0 Å². The molecular formula is C24H19BClF4N5O2. The van der Waals surface area contributed by atoms with Crippen LogP contribution in [-0.4, -0.2) is 39.7 Å². The first kappa shape index (κ1) is 26.4. The van der Waals surface area contributed by atoms with Gasteiger partial charge in [0.05, 0.1) is 5.02 Å². The standard InChI is InChI=1S/C24H19BClF4N5O2/c1-12-6-16(23-31-11-32-35(23)2)14-4-3-5-19(21(14)33-12)37-10-17-15(7-13(27)8-18(17)26)22(25)34-20(36)9-24(28,29)30/h3-8,11,22H,9-10H2,1-2H3,(H,34,36)/t22-/m0/s1. The molecule has 0 saturated heterocycles. The summed E-state index contributed by atoms with van der Waals surface area (Å²) in [6, 6.07) is 9.16. The third kappa shape index (κ3) is 6.01. The Kier molecular flexibility index (Phi) is 7.40. The fourth-order valence-electron chi connectivity index (χ4n) is 3.88. The van der Waals surface area contributed by atoms with Crippen LogP contribution in [0, 0.1) is 12.7 Å². The van der Waals surface area contributed by atoms with Crippen LogP contribution in [0.1, 0.15) is 29.2 Å². The van der Waals surface area contributed by atoms with Crippen LogP contribution in [0.4, 0.5) is 17.6 Å². The summed E-state index contributed by atoms with van der Waals surface area (Å²) >= 11 is 6.24. The minimum atomic E-state index is -4.72. The average Bonchev–Trinajstić information content (AvgIpc) is 3.21. The number of aromatic nitrogens is 4. The van der Waals surface area contributed by atoms with Crippen molar-refractivity contribution in [1.29, 1.82) is 0 Å². The van der Waals surface area contributed by atoms with E-state index in [1.165, 1.54) is 6.33 Å². The Morgan fingerprint density at radius 2 is 2.03 bits per heavy atom. The summed E-state index contributed by atoms with van der Waals surface area (Å²) in [7, 11) is 7.68. The zero-order valence-electron chi connectivity index (χ0n) is 19.6. The zero-order chi connectivity index (χ0) is 26.9. The lowest BCUT2D eigenvalue weighted by molar-refractivity contribution is -0.153. The normalized spacial score (nSPS) is 12.5. The van der Waals surface area contributed by atoms with Crippen LogP contribution in [0.15, 0.2) is 42.7 Å². The molecule has 2 radical (unpaired) electrons. The van der Waals surface area contributed by atoms with Gasteiger partial charge in [0, 0.05) is 35.2 Å². The molecule has 37 heavy (non-hydrogen) atoms. The number of para-hydroxylation sites is 1. The number of ether oxygens (including phenoxy) is 1. The number of carbonyl (C=O) groups excluding carboxylic acids is 1. The van der Waals surface area contributed by atoms with E-state index in [0.717, 1.165) is 23.1 Å². The Bertz CT molecular complexity index is 1480. The van der Waals surface area contributed by atoms with Gasteiger partial charge in [-0.05, 0) is 36.8 Å². The molecule has 13 heteroatoms. The molecule has 190 valence electrons. The maximum atomic E-state index is 14.1. The second kappa shape index (κ2) is 10.4. The van der Waals surface area contributed by atoms with E-state index < -0.39 is 30.3 Å². The molecule has 4 rings (SSSR count). The van der Waals surface area contributed by atoms with Crippen LogP contribution >= 0.6 is 11.6 Å². The van der Waals surface area contributed by atoms with Gasteiger partial charge in [0.2, 0.25) is 5.91 Å². The van der Waals surface area contributed by atoms with Crippen LogP contribution in [0.5, 0.6) is 5.75 Å². The molecule has 0 spiro atoms. The van der Waals surface area contributed by atoms with Crippen molar-refractivity contribution >= 4 is 36.3 Å². The molecule has 0 aliphatic rings. The predicted octanol–water partition coefficient (Wildman–Crippen LogP) is 4.95. The molecule has 0 aliphatic carbocycles. The van der Waals surface area contributed by atoms with E-state index in [2.05, 4.69) is 15.1 Å². The van der Waals surface area contributed by atoms with E-state index in [1.54, 1.807) is 23.9 Å². The highest BCUT2D eigenvalue weighted by Crippen LogP contribution is 2.34. The number of pyridine rings is 1. The Hall–Kier alpha value is -3.67. The minimum Gasteiger partial charge on any atom is -0.487 e. The number of nitrogens with one attached hydrogen (secondary N) is 1. The molecule has 2 aromatic carbocycles. The van der Waals surface area contributed by atoms with Gasteiger partial charge in [-0.3, -0.25) is 4.79 Å². The molecule has 7 nitrogen and oxygen atoms in total. The van der Waals surface area contributed by atoms with Crippen molar-refractivity contribution in [3.63, 3.8) is 0 Å². The van der Waals surface area contributed by atoms with Crippen molar-refractivity contribution in [2.45, 2.75) is 32.1 Å². The largest absolute Gasteiger partial charge is 0.487 e. The highest BCUT2D eigenvalue weighted by molar-refractivity contribution is 6.31. The van der Waals surface area contributed by atoms with E-state index in [4.69, 9.17) is 24.2 Å². The molecule has 1 atom stereocenters. The number of fused-ring (bicyclic) bond motifs is 1. The van der Waals surface area contributed by atoms with E-state index in [1.807, 2.05) is 24.4 Å². The van der Waals surface area contributed by atoms with Crippen LogP contribution in [-0.2, 0) is 18.4 Å². The SMILES string of the molecule is [B][C@@H](NC(=O)CC(F)(F)F)c1cc(F)cc(Cl)c1COc1cccc2c(-c3ncnn3C)cc(C)nc12. The van der Waals surface area contributed by atoms with Gasteiger partial charge in [0.15, 0.2) is 5.82 Å². The fourth-order valence-corrected chi connectivity index (χ4v) is 4.15. The van der Waals surface area contributed by atoms with Crippen molar-refractivity contribution < 1.29 is 27.1 Å². The number of rotatable bonds is 7. The number of halogens is 5. The van der Waals surface area contributed by atoms with Gasteiger partial charge >= 0.3 is 6.18 Å². The molecule has 0 unspecified atom stereocenters. The highest BCUT2D eigenvalue weighted by Gasteiger charge is 2.32. The lowest BCUT2D eigenvalue weighted by Gasteiger charge is -2.21. The summed E-state index contributed by atoms with van der Waals surface area (Å²) in [5, 5.41) is 6.80. The molecule has 2 aromatic heterocycles. The van der Waals surface area contributed by atoms with Crippen molar-refractivity contribution in [1.82, 2.24) is 25.1 Å². The summed E-state index contributed by atoms with van der Waals surface area (Å²) in [6.45, 7) is 1.58. The zero-order valence-corrected chi connectivity index (χ0v) is 20.4. The molecular weight excluding hydrogens is 513 g/mol. The van der Waals surface area contributed by atoms with E-state index in [-0.39, 0.29) is 22.8 Å². The quantitative estimate of drug-likeness (QED) is 0.270. The molecule has 0 bridgehead atoms. The second-order valence-corrected chi connectivity index (χ2v) is 8.66. The van der Waals surface area contributed by atoms with E-state index in [0.29, 0.717) is 22.8 Å². The summed E-state index contributed by atoms with van der Waals surface area (Å²) in [5.41, 5.74) is 2.16. The average molecular weight is 532 g/mol. The Morgan fingerprint density at radius 1 is 1.27 bits per heavy atom. The van der Waals surface area contributed by atoms with Crippen LogP contribution < -0.4 is 10.1 Å². The van der Waals surface area contributed by atoms with Gasteiger partial charge in [-0.25, -0.2) is 19.0 Å². The molecule has 2 heterocycles. The number of hydrogen-bond donors (Lipinski definition) is 1. The predicted molar refractivity (Wildman–Crippen MR) is 130 cm³/mol. The van der Waals surface area contributed by atoms with Crippen LogP contribution in [0.25, 0.3) is 22.3 Å². The molecule has 0 saturated carbocycles. The topological polar surface area (TPSA) is 81.9 Å². The summed E-state index contributed by atoms with van der Waals surface area (Å²) < 4.78 is 59.4. The maximum absolute atomic E-state index is 14.1. The van der Waals surface area contributed by atoms with E-state index in [9.17, 15) is 22.4 Å². The number of nitrogens with zero attached hydrogens (tertiary/aromatic N) is 4. The smallest absolute Gasteiger partial charge is 0.397 e. The first-order valence-corrected chi connectivity index (χ1v) is 11.3. The monoisotopic (exact) mass is 531 g/mol. The Labute approximate surface area is 215 Å². The summed E-state index contributed by atoms with van der Waals surface area (Å²) in [5.74, 6) is -2.61. The van der Waals surface area contributed by atoms with Crippen molar-refractivity contribution in [3.05, 3.63) is 70.4 Å². The number of benzene rings is 2. The van der Waals surface area contributed by atoms with Crippen molar-refractivity contribution in [2.75, 3.05) is 0 Å². The third-order valence-corrected chi connectivity index (χ3v) is 5.80. The highest BCUT2D eigenvalue weighted by atomic mass is 35.5. The molecule has 0 fully saturated rings. The van der Waals surface area contributed by atoms with E-state index >= 15 is 0 Å². The van der Waals surface area contributed by atoms with Crippen LogP contribution in [0.2, 0.25) is 5.02 Å². The van der Waals surface area contributed by atoms with Crippen molar-refractivity contribution in [3.8, 4) is 17.1 Å². The molecule has 1 N–H and O–H groups in total. The number of carbonyl (C=O) groups is 1. The minimum absolute atomic E-state index is 0.0234. The number of hydrogen-bond acceptors (Lipinski definition) is 5. The first-order chi connectivity index (χ1) is 17.4. The Morgan fingerprint density at radius 3 is 2.70 bits per heavy atom. The fraction of sp³-hybridized carbons (Fsp3) is 0.250. The lowest BCUT2D eigenvalue weighted by Crippen LogP contribution is -2.33. The number of aryl methyl sites for hydroxylation is 2. The van der Waals surface area contributed by atoms with Crippen molar-refractivity contribution in [2.24, 2.45) is 7.05 Å².